The molecule has 0 saturated heterocycles. The lowest BCUT2D eigenvalue weighted by atomic mass is 10.0. The quantitative estimate of drug-likeness (QED) is 0.571. The fourth-order valence-electron chi connectivity index (χ4n) is 3.01. The van der Waals surface area contributed by atoms with Crippen LogP contribution < -0.4 is 0 Å². The lowest BCUT2D eigenvalue weighted by Crippen LogP contribution is -2.12. The van der Waals surface area contributed by atoms with Crippen molar-refractivity contribution < 1.29 is 23.1 Å². The molecule has 0 bridgehead atoms. The van der Waals surface area contributed by atoms with Gasteiger partial charge < -0.3 is 5.11 Å². The highest BCUT2D eigenvalue weighted by molar-refractivity contribution is 6.38. The molecule has 0 amide bonds. The molecule has 0 spiro atoms. The normalized spacial score (nSPS) is 13.1. The maximum absolute atomic E-state index is 13.0. The molecule has 1 atom stereocenters. The van der Waals surface area contributed by atoms with E-state index in [1.807, 2.05) is 0 Å². The topological polar surface area (TPSA) is 55.1 Å². The average molecular weight is 417 g/mol. The second-order valence-electron chi connectivity index (χ2n) is 6.06. The van der Waals surface area contributed by atoms with Crippen molar-refractivity contribution in [2.45, 2.75) is 26.1 Å². The standard InChI is InChI=1S/C18H13Cl2F3N2O2/c1-8-12-7-10(18(21,22)23)3-6-14(12)25(24-8)9(2)15-13(19)5-4-11(16(15)20)17(26)27/h3-7,9H,1-2H3,(H,26,27). The predicted octanol–water partition coefficient (Wildman–Crippen LogP) is 5.98. The number of aryl methyl sites for hydroxylation is 1. The summed E-state index contributed by atoms with van der Waals surface area (Å²) in [5.74, 6) is -1.21. The zero-order valence-corrected chi connectivity index (χ0v) is 15.6. The van der Waals surface area contributed by atoms with Gasteiger partial charge in [0.25, 0.3) is 0 Å². The second kappa shape index (κ2) is 6.73. The molecule has 0 aliphatic carbocycles. The van der Waals surface area contributed by atoms with Crippen LogP contribution in [0.2, 0.25) is 10.0 Å². The molecule has 1 heterocycles. The number of carbonyl (C=O) groups is 1. The van der Waals surface area contributed by atoms with E-state index in [0.717, 1.165) is 12.1 Å². The minimum atomic E-state index is -4.46. The van der Waals surface area contributed by atoms with E-state index in [1.54, 1.807) is 13.8 Å². The molecular formula is C18H13Cl2F3N2O2. The number of aromatic carboxylic acids is 1. The van der Waals surface area contributed by atoms with Crippen LogP contribution in [0.25, 0.3) is 10.9 Å². The number of alkyl halides is 3. The second-order valence-corrected chi connectivity index (χ2v) is 6.85. The van der Waals surface area contributed by atoms with Crippen molar-refractivity contribution in [1.82, 2.24) is 9.78 Å². The number of benzene rings is 2. The SMILES string of the molecule is Cc1nn(C(C)c2c(Cl)ccc(C(=O)O)c2Cl)c2ccc(C(F)(F)F)cc12. The fourth-order valence-corrected chi connectivity index (χ4v) is 3.77. The van der Waals surface area contributed by atoms with Crippen LogP contribution in [0.15, 0.2) is 30.3 Å². The number of fused-ring (bicyclic) bond motifs is 1. The van der Waals surface area contributed by atoms with Crippen LogP contribution >= 0.6 is 23.2 Å². The minimum Gasteiger partial charge on any atom is -0.478 e. The molecule has 1 unspecified atom stereocenters. The van der Waals surface area contributed by atoms with Crippen molar-refractivity contribution in [3.05, 3.63) is 62.8 Å². The Morgan fingerprint density at radius 2 is 1.89 bits per heavy atom. The molecular weight excluding hydrogens is 404 g/mol. The van der Waals surface area contributed by atoms with Crippen LogP contribution in [0.5, 0.6) is 0 Å². The molecule has 27 heavy (non-hydrogen) atoms. The number of aromatic nitrogens is 2. The summed E-state index contributed by atoms with van der Waals surface area (Å²) in [6, 6.07) is 5.46. The highest BCUT2D eigenvalue weighted by Crippen LogP contribution is 2.38. The Balaban J connectivity index is 2.19. The van der Waals surface area contributed by atoms with Gasteiger partial charge in [0.05, 0.1) is 33.4 Å². The molecule has 0 aliphatic heterocycles. The summed E-state index contributed by atoms with van der Waals surface area (Å²) in [5.41, 5.74) is 0.317. The smallest absolute Gasteiger partial charge is 0.416 e. The van der Waals surface area contributed by atoms with Gasteiger partial charge in [0.15, 0.2) is 0 Å². The molecule has 3 rings (SSSR count). The summed E-state index contributed by atoms with van der Waals surface area (Å²) in [7, 11) is 0. The van der Waals surface area contributed by atoms with Crippen LogP contribution in [0.3, 0.4) is 0 Å². The number of hydrogen-bond donors (Lipinski definition) is 1. The Morgan fingerprint density at radius 1 is 1.22 bits per heavy atom. The first-order valence-electron chi connectivity index (χ1n) is 7.79. The van der Waals surface area contributed by atoms with Gasteiger partial charge in [-0.15, -0.1) is 0 Å². The van der Waals surface area contributed by atoms with Gasteiger partial charge >= 0.3 is 12.1 Å². The van der Waals surface area contributed by atoms with E-state index in [-0.39, 0.29) is 15.6 Å². The Labute approximate surface area is 162 Å². The van der Waals surface area contributed by atoms with E-state index in [9.17, 15) is 23.1 Å². The lowest BCUT2D eigenvalue weighted by molar-refractivity contribution is -0.137. The van der Waals surface area contributed by atoms with Crippen molar-refractivity contribution in [2.75, 3.05) is 0 Å². The first kappa shape index (κ1) is 19.5. The average Bonchev–Trinajstić information content (AvgIpc) is 2.90. The number of nitrogens with zero attached hydrogens (tertiary/aromatic N) is 2. The van der Waals surface area contributed by atoms with Gasteiger partial charge in [0, 0.05) is 16.0 Å². The molecule has 1 N–H and O–H groups in total. The van der Waals surface area contributed by atoms with Gasteiger partial charge in [-0.05, 0) is 44.2 Å². The number of carboxylic acids is 1. The van der Waals surface area contributed by atoms with Crippen LogP contribution in [-0.4, -0.2) is 20.9 Å². The Hall–Kier alpha value is -2.25. The van der Waals surface area contributed by atoms with E-state index >= 15 is 0 Å². The van der Waals surface area contributed by atoms with E-state index < -0.39 is 23.8 Å². The van der Waals surface area contributed by atoms with Gasteiger partial charge in [-0.3, -0.25) is 4.68 Å². The monoisotopic (exact) mass is 416 g/mol. The van der Waals surface area contributed by atoms with E-state index in [1.165, 1.54) is 22.9 Å². The highest BCUT2D eigenvalue weighted by atomic mass is 35.5. The zero-order valence-electron chi connectivity index (χ0n) is 14.1. The molecule has 2 aromatic carbocycles. The van der Waals surface area contributed by atoms with Gasteiger partial charge in [0.1, 0.15) is 0 Å². The summed E-state index contributed by atoms with van der Waals surface area (Å²) < 4.78 is 40.4. The highest BCUT2D eigenvalue weighted by Gasteiger charge is 2.31. The summed E-state index contributed by atoms with van der Waals surface area (Å²) >= 11 is 12.5. The molecule has 0 saturated carbocycles. The van der Waals surface area contributed by atoms with Crippen LogP contribution in [0.4, 0.5) is 13.2 Å². The van der Waals surface area contributed by atoms with Crippen LogP contribution in [-0.2, 0) is 6.18 Å². The number of carboxylic acid groups (broad SMARTS) is 1. The number of hydrogen-bond acceptors (Lipinski definition) is 2. The fraction of sp³-hybridized carbons (Fsp3) is 0.222. The molecule has 0 radical (unpaired) electrons. The first-order valence-corrected chi connectivity index (χ1v) is 8.55. The molecule has 3 aromatic rings. The molecule has 0 fully saturated rings. The largest absolute Gasteiger partial charge is 0.478 e. The predicted molar refractivity (Wildman–Crippen MR) is 96.7 cm³/mol. The van der Waals surface area contributed by atoms with Gasteiger partial charge in [-0.2, -0.15) is 18.3 Å². The molecule has 4 nitrogen and oxygen atoms in total. The van der Waals surface area contributed by atoms with Crippen LogP contribution in [0.1, 0.15) is 40.1 Å². The van der Waals surface area contributed by atoms with Crippen molar-refractivity contribution in [3.63, 3.8) is 0 Å². The van der Waals surface area contributed by atoms with Gasteiger partial charge in [0.2, 0.25) is 0 Å². The summed E-state index contributed by atoms with van der Waals surface area (Å²) in [5, 5.41) is 14.1. The zero-order chi connectivity index (χ0) is 20.1. The van der Waals surface area contributed by atoms with E-state index in [2.05, 4.69) is 5.10 Å². The summed E-state index contributed by atoms with van der Waals surface area (Å²) in [4.78, 5) is 11.3. The Kier molecular flexibility index (Phi) is 4.86. The third-order valence-electron chi connectivity index (χ3n) is 4.36. The summed E-state index contributed by atoms with van der Waals surface area (Å²) in [6.07, 6.45) is -4.46. The van der Waals surface area contributed by atoms with E-state index in [0.29, 0.717) is 22.2 Å². The molecule has 142 valence electrons. The summed E-state index contributed by atoms with van der Waals surface area (Å²) in [6.45, 7) is 3.30. The first-order chi connectivity index (χ1) is 12.5. The lowest BCUT2D eigenvalue weighted by Gasteiger charge is -2.18. The Morgan fingerprint density at radius 3 is 2.48 bits per heavy atom. The van der Waals surface area contributed by atoms with Crippen molar-refractivity contribution >= 4 is 40.1 Å². The van der Waals surface area contributed by atoms with E-state index in [4.69, 9.17) is 23.2 Å². The maximum Gasteiger partial charge on any atom is 0.416 e. The van der Waals surface area contributed by atoms with Crippen molar-refractivity contribution in [1.29, 1.82) is 0 Å². The number of halogens is 5. The van der Waals surface area contributed by atoms with Gasteiger partial charge in [-0.1, -0.05) is 23.2 Å². The minimum absolute atomic E-state index is 0.0317. The molecule has 0 aliphatic rings. The third kappa shape index (κ3) is 3.37. The molecule has 1 aromatic heterocycles. The van der Waals surface area contributed by atoms with Gasteiger partial charge in [-0.25, -0.2) is 4.79 Å². The maximum atomic E-state index is 13.0. The third-order valence-corrected chi connectivity index (χ3v) is 5.10. The number of rotatable bonds is 3. The molecule has 9 heteroatoms. The Bertz CT molecular complexity index is 1060. The van der Waals surface area contributed by atoms with Crippen LogP contribution in [0, 0.1) is 6.92 Å². The van der Waals surface area contributed by atoms with Crippen molar-refractivity contribution in [2.24, 2.45) is 0 Å². The van der Waals surface area contributed by atoms with Crippen molar-refractivity contribution in [3.8, 4) is 0 Å².